The van der Waals surface area contributed by atoms with Gasteiger partial charge in [0.2, 0.25) is 0 Å². The molecule has 4 N–H and O–H groups in total. The van der Waals surface area contributed by atoms with Crippen LogP contribution in [-0.4, -0.2) is 41.4 Å². The monoisotopic (exact) mass is 385 g/mol. The molecule has 3 rings (SSSR count). The molecule has 0 spiro atoms. The molecule has 6 nitrogen and oxygen atoms in total. The molecular weight excluding hydrogens is 362 g/mol. The van der Waals surface area contributed by atoms with Crippen molar-refractivity contribution in [3.63, 3.8) is 0 Å². The summed E-state index contributed by atoms with van der Waals surface area (Å²) in [6.45, 7) is 1.95. The molecule has 0 radical (unpaired) electrons. The molecule has 7 heteroatoms. The van der Waals surface area contributed by atoms with E-state index in [2.05, 4.69) is 9.97 Å². The van der Waals surface area contributed by atoms with Gasteiger partial charge >= 0.3 is 0 Å². The van der Waals surface area contributed by atoms with Crippen LogP contribution in [-0.2, 0) is 6.42 Å². The van der Waals surface area contributed by atoms with E-state index in [1.54, 1.807) is 13.2 Å². The van der Waals surface area contributed by atoms with E-state index in [1.807, 2.05) is 44.1 Å². The zero-order valence-electron chi connectivity index (χ0n) is 15.8. The molecule has 3 aromatic rings. The summed E-state index contributed by atoms with van der Waals surface area (Å²) in [5.41, 5.74) is 4.57. The normalized spacial score (nSPS) is 10.8. The number of benzene rings is 2. The Kier molecular flexibility index (Phi) is 5.14. The van der Waals surface area contributed by atoms with Crippen molar-refractivity contribution in [2.45, 2.75) is 13.3 Å². The lowest BCUT2D eigenvalue weighted by molar-refractivity contribution is 0.415. The number of phenolic OH excluding ortho intramolecular Hbond substituents is 2. The lowest BCUT2D eigenvalue weighted by Gasteiger charge is -2.18. The summed E-state index contributed by atoms with van der Waals surface area (Å²) >= 11 is 5.31. The first kappa shape index (κ1) is 18.8. The molecule has 0 unspecified atom stereocenters. The van der Waals surface area contributed by atoms with Gasteiger partial charge in [-0.1, -0.05) is 6.92 Å². The van der Waals surface area contributed by atoms with Gasteiger partial charge in [0.25, 0.3) is 0 Å². The van der Waals surface area contributed by atoms with Crippen molar-refractivity contribution in [2.24, 2.45) is 0 Å². The van der Waals surface area contributed by atoms with Crippen molar-refractivity contribution in [3.8, 4) is 39.8 Å². The molecule has 0 amide bonds. The number of aryl methyl sites for hydroxylation is 1. The minimum atomic E-state index is -0.0162. The number of imidazole rings is 1. The second kappa shape index (κ2) is 7.36. The summed E-state index contributed by atoms with van der Waals surface area (Å²) < 4.78 is 5.88. The maximum atomic E-state index is 10.4. The number of phenols is 2. The molecule has 0 aliphatic rings. The Morgan fingerprint density at radius 1 is 1.04 bits per heavy atom. The van der Waals surface area contributed by atoms with Gasteiger partial charge in [0.1, 0.15) is 17.2 Å². The summed E-state index contributed by atoms with van der Waals surface area (Å²) in [6, 6.07) is 8.96. The third-order valence-corrected chi connectivity index (χ3v) is 4.73. The highest BCUT2D eigenvalue weighted by atomic mass is 32.1. The van der Waals surface area contributed by atoms with E-state index < -0.39 is 0 Å². The SMILES string of the molecule is CCc1cc(-c2[nH]c(=S)[nH]c2-c2ccc(OC)c(N(C)C)c2)c(O)cc1O. The molecule has 27 heavy (non-hydrogen) atoms. The summed E-state index contributed by atoms with van der Waals surface area (Å²) in [4.78, 5) is 8.26. The molecule has 0 aliphatic carbocycles. The summed E-state index contributed by atoms with van der Waals surface area (Å²) in [7, 11) is 5.53. The van der Waals surface area contributed by atoms with Crippen molar-refractivity contribution in [3.05, 3.63) is 40.7 Å². The number of methoxy groups -OCH3 is 1. The molecule has 0 bridgehead atoms. The van der Waals surface area contributed by atoms with Crippen molar-refractivity contribution in [1.29, 1.82) is 0 Å². The lowest BCUT2D eigenvalue weighted by Crippen LogP contribution is -2.10. The quantitative estimate of drug-likeness (QED) is 0.488. The van der Waals surface area contributed by atoms with E-state index in [0.29, 0.717) is 22.4 Å². The minimum Gasteiger partial charge on any atom is -0.508 e. The topological polar surface area (TPSA) is 84.5 Å². The predicted octanol–water partition coefficient (Wildman–Crippen LogP) is 4.45. The van der Waals surface area contributed by atoms with E-state index in [4.69, 9.17) is 17.0 Å². The number of nitrogens with one attached hydrogen (secondary N) is 2. The molecule has 2 aromatic carbocycles. The highest BCUT2D eigenvalue weighted by Crippen LogP contribution is 2.40. The van der Waals surface area contributed by atoms with Crippen LogP contribution in [0.5, 0.6) is 17.2 Å². The number of ether oxygens (including phenoxy) is 1. The van der Waals surface area contributed by atoms with Gasteiger partial charge in [-0.15, -0.1) is 0 Å². The number of aromatic amines is 2. The Hall–Kier alpha value is -2.93. The van der Waals surface area contributed by atoms with Crippen LogP contribution in [0.4, 0.5) is 5.69 Å². The van der Waals surface area contributed by atoms with Crippen LogP contribution in [0.15, 0.2) is 30.3 Å². The number of aromatic nitrogens is 2. The zero-order valence-corrected chi connectivity index (χ0v) is 16.6. The van der Waals surface area contributed by atoms with Gasteiger partial charge in [0, 0.05) is 31.3 Å². The Morgan fingerprint density at radius 3 is 2.37 bits per heavy atom. The first-order chi connectivity index (χ1) is 12.8. The molecule has 0 saturated heterocycles. The highest BCUT2D eigenvalue weighted by Gasteiger charge is 2.18. The standard InChI is InChI=1S/C20H23N3O3S/c1-5-11-8-13(16(25)10-15(11)24)19-18(21-20(27)22-19)12-6-7-17(26-4)14(9-12)23(2)3/h6-10,24-25H,5H2,1-4H3,(H2,21,22,27). The molecular formula is C20H23N3O3S. The average Bonchev–Trinajstić information content (AvgIpc) is 3.02. The summed E-state index contributed by atoms with van der Waals surface area (Å²) in [6.07, 6.45) is 0.646. The molecule has 142 valence electrons. The summed E-state index contributed by atoms with van der Waals surface area (Å²) in [5.74, 6) is 0.825. The number of rotatable bonds is 5. The zero-order chi connectivity index (χ0) is 19.7. The Balaban J connectivity index is 2.22. The van der Waals surface area contributed by atoms with Gasteiger partial charge in [-0.3, -0.25) is 0 Å². The lowest BCUT2D eigenvalue weighted by atomic mass is 10.00. The fourth-order valence-corrected chi connectivity index (χ4v) is 3.31. The van der Waals surface area contributed by atoms with Crippen LogP contribution in [0.25, 0.3) is 22.5 Å². The molecule has 1 aromatic heterocycles. The van der Waals surface area contributed by atoms with Gasteiger partial charge in [-0.25, -0.2) is 0 Å². The fourth-order valence-electron chi connectivity index (χ4n) is 3.10. The third kappa shape index (κ3) is 3.50. The Labute approximate surface area is 163 Å². The van der Waals surface area contributed by atoms with Crippen molar-refractivity contribution in [2.75, 3.05) is 26.1 Å². The van der Waals surface area contributed by atoms with Crippen LogP contribution in [0.1, 0.15) is 12.5 Å². The first-order valence-corrected chi connectivity index (χ1v) is 8.99. The smallest absolute Gasteiger partial charge is 0.175 e. The van der Waals surface area contributed by atoms with Gasteiger partial charge in [-0.05, 0) is 48.5 Å². The fraction of sp³-hybridized carbons (Fsp3) is 0.250. The van der Waals surface area contributed by atoms with Crippen LogP contribution >= 0.6 is 12.2 Å². The van der Waals surface area contributed by atoms with Gasteiger partial charge in [0.15, 0.2) is 4.77 Å². The Bertz CT molecular complexity index is 1040. The largest absolute Gasteiger partial charge is 0.508 e. The molecule has 0 saturated carbocycles. The number of nitrogens with zero attached hydrogens (tertiary/aromatic N) is 1. The molecule has 0 atom stereocenters. The van der Waals surface area contributed by atoms with Crippen LogP contribution in [0, 0.1) is 4.77 Å². The highest BCUT2D eigenvalue weighted by molar-refractivity contribution is 7.71. The second-order valence-corrected chi connectivity index (χ2v) is 6.87. The number of H-pyrrole nitrogens is 2. The second-order valence-electron chi connectivity index (χ2n) is 6.46. The third-order valence-electron chi connectivity index (χ3n) is 4.52. The number of anilines is 1. The van der Waals surface area contributed by atoms with Crippen LogP contribution in [0.3, 0.4) is 0 Å². The van der Waals surface area contributed by atoms with Crippen molar-refractivity contribution >= 4 is 17.9 Å². The molecule has 1 heterocycles. The van der Waals surface area contributed by atoms with Gasteiger partial charge in [0.05, 0.1) is 24.2 Å². The van der Waals surface area contributed by atoms with Crippen molar-refractivity contribution in [1.82, 2.24) is 9.97 Å². The van der Waals surface area contributed by atoms with E-state index in [0.717, 1.165) is 28.3 Å². The Morgan fingerprint density at radius 2 is 1.74 bits per heavy atom. The number of hydrogen-bond acceptors (Lipinski definition) is 5. The van der Waals surface area contributed by atoms with Crippen molar-refractivity contribution < 1.29 is 14.9 Å². The minimum absolute atomic E-state index is 0.0162. The van der Waals surface area contributed by atoms with E-state index in [1.165, 1.54) is 6.07 Å². The first-order valence-electron chi connectivity index (χ1n) is 8.59. The van der Waals surface area contributed by atoms with E-state index in [-0.39, 0.29) is 11.5 Å². The maximum Gasteiger partial charge on any atom is 0.175 e. The number of aromatic hydroxyl groups is 2. The number of hydrogen-bond donors (Lipinski definition) is 4. The molecule has 0 aliphatic heterocycles. The van der Waals surface area contributed by atoms with E-state index in [9.17, 15) is 10.2 Å². The predicted molar refractivity (Wildman–Crippen MR) is 110 cm³/mol. The van der Waals surface area contributed by atoms with Crippen LogP contribution in [0.2, 0.25) is 0 Å². The summed E-state index contributed by atoms with van der Waals surface area (Å²) in [5, 5.41) is 20.4. The van der Waals surface area contributed by atoms with Gasteiger partial charge in [-0.2, -0.15) is 0 Å². The maximum absolute atomic E-state index is 10.4. The van der Waals surface area contributed by atoms with Gasteiger partial charge < -0.3 is 29.8 Å². The van der Waals surface area contributed by atoms with Crippen LogP contribution < -0.4 is 9.64 Å². The van der Waals surface area contributed by atoms with E-state index >= 15 is 0 Å². The molecule has 0 fully saturated rings. The average molecular weight is 385 g/mol.